The Morgan fingerprint density at radius 3 is 2.75 bits per heavy atom. The number of hydrogen-bond acceptors (Lipinski definition) is 2. The molecule has 0 saturated heterocycles. The Kier molecular flexibility index (Phi) is 5.45. The fourth-order valence-electron chi connectivity index (χ4n) is 2.97. The lowest BCUT2D eigenvalue weighted by atomic mass is 9.92. The van der Waals surface area contributed by atoms with Crippen LogP contribution in [0.25, 0.3) is 0 Å². The number of unbranched alkanes of at least 4 members (excludes halogenated alkanes) is 4. The highest BCUT2D eigenvalue weighted by Crippen LogP contribution is 2.30. The van der Waals surface area contributed by atoms with E-state index >= 15 is 0 Å². The molecule has 1 aliphatic rings. The third kappa shape index (κ3) is 3.75. The monoisotopic (exact) mass is 275 g/mol. The van der Waals surface area contributed by atoms with Crippen LogP contribution >= 0.6 is 0 Å². The van der Waals surface area contributed by atoms with E-state index in [4.69, 9.17) is 0 Å². The molecule has 0 bridgehead atoms. The number of aliphatic carboxylic acids is 1. The maximum atomic E-state index is 11.3. The summed E-state index contributed by atoms with van der Waals surface area (Å²) in [6.07, 6.45) is 6.90. The summed E-state index contributed by atoms with van der Waals surface area (Å²) < 4.78 is 0. The molecule has 110 valence electrons. The fourth-order valence-corrected chi connectivity index (χ4v) is 2.97. The third-order valence-electron chi connectivity index (χ3n) is 4.12. The molecule has 0 amide bonds. The van der Waals surface area contributed by atoms with Gasteiger partial charge >= 0.3 is 5.97 Å². The first-order chi connectivity index (χ1) is 9.72. The molecular formula is C17H25NO2. The average Bonchev–Trinajstić information content (AvgIpc) is 2.46. The van der Waals surface area contributed by atoms with E-state index in [1.165, 1.54) is 36.9 Å². The smallest absolute Gasteiger partial charge is 0.308 e. The molecular weight excluding hydrogens is 250 g/mol. The zero-order chi connectivity index (χ0) is 14.4. The Balaban J connectivity index is 1.97. The number of carbonyl (C=O) groups is 1. The van der Waals surface area contributed by atoms with Crippen molar-refractivity contribution in [1.82, 2.24) is 0 Å². The van der Waals surface area contributed by atoms with Crippen molar-refractivity contribution < 1.29 is 9.90 Å². The average molecular weight is 275 g/mol. The van der Waals surface area contributed by atoms with Crippen molar-refractivity contribution in [3.63, 3.8) is 0 Å². The molecule has 1 aromatic carbocycles. The van der Waals surface area contributed by atoms with Gasteiger partial charge in [-0.25, -0.2) is 0 Å². The van der Waals surface area contributed by atoms with Crippen LogP contribution in [-0.4, -0.2) is 24.2 Å². The van der Waals surface area contributed by atoms with Crippen LogP contribution in [0, 0.1) is 5.92 Å². The van der Waals surface area contributed by atoms with E-state index in [-0.39, 0.29) is 5.92 Å². The van der Waals surface area contributed by atoms with Gasteiger partial charge in [0.1, 0.15) is 0 Å². The molecule has 3 nitrogen and oxygen atoms in total. The van der Waals surface area contributed by atoms with Gasteiger partial charge in [0.15, 0.2) is 0 Å². The fraction of sp³-hybridized carbons (Fsp3) is 0.588. The van der Waals surface area contributed by atoms with Crippen molar-refractivity contribution in [2.45, 2.75) is 45.4 Å². The molecule has 0 saturated carbocycles. The molecule has 0 radical (unpaired) electrons. The second kappa shape index (κ2) is 7.32. The zero-order valence-electron chi connectivity index (χ0n) is 12.3. The first-order valence-corrected chi connectivity index (χ1v) is 7.78. The van der Waals surface area contributed by atoms with Crippen LogP contribution in [0.2, 0.25) is 0 Å². The normalized spacial score (nSPS) is 17.9. The van der Waals surface area contributed by atoms with Crippen LogP contribution in [0.5, 0.6) is 0 Å². The summed E-state index contributed by atoms with van der Waals surface area (Å²) in [6.45, 7) is 3.85. The van der Waals surface area contributed by atoms with Gasteiger partial charge in [-0.1, -0.05) is 50.8 Å². The Morgan fingerprint density at radius 2 is 2.00 bits per heavy atom. The van der Waals surface area contributed by atoms with Gasteiger partial charge in [-0.3, -0.25) is 4.79 Å². The molecule has 1 heterocycles. The zero-order valence-corrected chi connectivity index (χ0v) is 12.3. The van der Waals surface area contributed by atoms with Gasteiger partial charge in [-0.2, -0.15) is 0 Å². The Bertz CT molecular complexity index is 444. The number of anilines is 1. The van der Waals surface area contributed by atoms with Crippen molar-refractivity contribution in [2.75, 3.05) is 18.0 Å². The lowest BCUT2D eigenvalue weighted by Gasteiger charge is -2.34. The van der Waals surface area contributed by atoms with E-state index in [0.29, 0.717) is 13.0 Å². The van der Waals surface area contributed by atoms with Crippen LogP contribution in [-0.2, 0) is 11.2 Å². The maximum Gasteiger partial charge on any atom is 0.308 e. The van der Waals surface area contributed by atoms with Crippen molar-refractivity contribution in [3.05, 3.63) is 29.8 Å². The van der Waals surface area contributed by atoms with E-state index in [2.05, 4.69) is 24.0 Å². The Morgan fingerprint density at radius 1 is 1.25 bits per heavy atom. The third-order valence-corrected chi connectivity index (χ3v) is 4.12. The second-order valence-corrected chi connectivity index (χ2v) is 5.73. The highest BCUT2D eigenvalue weighted by atomic mass is 16.4. The van der Waals surface area contributed by atoms with Crippen LogP contribution in [0.1, 0.15) is 44.6 Å². The van der Waals surface area contributed by atoms with Crippen LogP contribution in [0.15, 0.2) is 24.3 Å². The molecule has 20 heavy (non-hydrogen) atoms. The van der Waals surface area contributed by atoms with E-state index in [1.807, 2.05) is 12.1 Å². The first-order valence-electron chi connectivity index (χ1n) is 7.78. The lowest BCUT2D eigenvalue weighted by molar-refractivity contribution is -0.141. The predicted molar refractivity (Wildman–Crippen MR) is 82.2 cm³/mol. The molecule has 1 aliphatic heterocycles. The summed E-state index contributed by atoms with van der Waals surface area (Å²) in [6, 6.07) is 8.24. The molecule has 0 aliphatic carbocycles. The van der Waals surface area contributed by atoms with Crippen molar-refractivity contribution in [3.8, 4) is 0 Å². The quantitative estimate of drug-likeness (QED) is 0.771. The summed E-state index contributed by atoms with van der Waals surface area (Å²) in [4.78, 5) is 13.6. The minimum atomic E-state index is -0.671. The standard InChI is InChI=1S/C17H25NO2/c1-2-3-4-5-8-11-18-13-15(17(19)20)12-14-9-6-7-10-16(14)18/h6-7,9-10,15H,2-5,8,11-13H2,1H3,(H,19,20). The molecule has 1 unspecified atom stereocenters. The number of benzene rings is 1. The highest BCUT2D eigenvalue weighted by molar-refractivity contribution is 5.73. The van der Waals surface area contributed by atoms with Gasteiger partial charge in [0.2, 0.25) is 0 Å². The van der Waals surface area contributed by atoms with Crippen LogP contribution in [0.3, 0.4) is 0 Å². The lowest BCUT2D eigenvalue weighted by Crippen LogP contribution is -2.39. The Labute approximate surface area is 121 Å². The largest absolute Gasteiger partial charge is 0.481 e. The van der Waals surface area contributed by atoms with Gasteiger partial charge in [0.25, 0.3) is 0 Å². The molecule has 2 rings (SSSR count). The molecule has 3 heteroatoms. The topological polar surface area (TPSA) is 40.5 Å². The molecule has 0 fully saturated rings. The maximum absolute atomic E-state index is 11.3. The van der Waals surface area contributed by atoms with E-state index < -0.39 is 5.97 Å². The number of nitrogens with zero attached hydrogens (tertiary/aromatic N) is 1. The summed E-state index contributed by atoms with van der Waals surface area (Å²) in [7, 11) is 0. The van der Waals surface area contributed by atoms with Gasteiger partial charge in [0, 0.05) is 18.8 Å². The molecule has 1 atom stereocenters. The first kappa shape index (κ1) is 14.9. The van der Waals surface area contributed by atoms with E-state index in [1.54, 1.807) is 0 Å². The molecule has 0 aromatic heterocycles. The van der Waals surface area contributed by atoms with Crippen molar-refractivity contribution in [2.24, 2.45) is 5.92 Å². The second-order valence-electron chi connectivity index (χ2n) is 5.73. The molecule has 1 N–H and O–H groups in total. The summed E-state index contributed by atoms with van der Waals surface area (Å²) in [5.41, 5.74) is 2.42. The summed E-state index contributed by atoms with van der Waals surface area (Å²) in [5.74, 6) is -0.934. The minimum Gasteiger partial charge on any atom is -0.481 e. The summed E-state index contributed by atoms with van der Waals surface area (Å²) in [5, 5.41) is 9.30. The van der Waals surface area contributed by atoms with Crippen molar-refractivity contribution >= 4 is 11.7 Å². The van der Waals surface area contributed by atoms with Crippen molar-refractivity contribution in [1.29, 1.82) is 0 Å². The number of hydrogen-bond donors (Lipinski definition) is 1. The minimum absolute atomic E-state index is 0.263. The number of carboxylic acid groups (broad SMARTS) is 1. The van der Waals surface area contributed by atoms with Gasteiger partial charge < -0.3 is 10.0 Å². The van der Waals surface area contributed by atoms with Gasteiger partial charge in [0.05, 0.1) is 5.92 Å². The Hall–Kier alpha value is -1.51. The number of carboxylic acids is 1. The SMILES string of the molecule is CCCCCCCN1CC(C(=O)O)Cc2ccccc21. The molecule has 0 spiro atoms. The van der Waals surface area contributed by atoms with Gasteiger partial charge in [-0.05, 0) is 24.5 Å². The number of fused-ring (bicyclic) bond motifs is 1. The molecule has 1 aromatic rings. The summed E-state index contributed by atoms with van der Waals surface area (Å²) >= 11 is 0. The van der Waals surface area contributed by atoms with E-state index in [9.17, 15) is 9.90 Å². The predicted octanol–water partition coefficient (Wildman–Crippen LogP) is 3.72. The number of rotatable bonds is 7. The number of para-hydroxylation sites is 1. The van der Waals surface area contributed by atoms with Gasteiger partial charge in [-0.15, -0.1) is 0 Å². The van der Waals surface area contributed by atoms with Crippen LogP contribution in [0.4, 0.5) is 5.69 Å². The highest BCUT2D eigenvalue weighted by Gasteiger charge is 2.28. The van der Waals surface area contributed by atoms with Crippen LogP contribution < -0.4 is 4.90 Å². The van der Waals surface area contributed by atoms with E-state index in [0.717, 1.165) is 13.0 Å².